The van der Waals surface area contributed by atoms with Gasteiger partial charge in [-0.15, -0.1) is 11.3 Å². The molecule has 7 heteroatoms. The van der Waals surface area contributed by atoms with Gasteiger partial charge in [0.05, 0.1) is 12.5 Å². The number of fused-ring (bicyclic) bond motifs is 1. The highest BCUT2D eigenvalue weighted by Crippen LogP contribution is 2.36. The number of methoxy groups -OCH3 is 1. The fraction of sp³-hybridized carbons (Fsp3) is 0.533. The number of thiophene rings is 1. The van der Waals surface area contributed by atoms with Gasteiger partial charge in [0.2, 0.25) is 0 Å². The van der Waals surface area contributed by atoms with E-state index in [1.165, 1.54) is 18.4 Å². The number of esters is 1. The number of piperazine rings is 1. The molecule has 2 aromatic rings. The van der Waals surface area contributed by atoms with Gasteiger partial charge in [-0.1, -0.05) is 0 Å². The average molecular weight is 320 g/mol. The summed E-state index contributed by atoms with van der Waals surface area (Å²) in [7, 11) is 3.54. The van der Waals surface area contributed by atoms with Crippen molar-refractivity contribution >= 4 is 33.3 Å². The number of anilines is 1. The first kappa shape index (κ1) is 15.2. The lowest BCUT2D eigenvalue weighted by molar-refractivity contribution is 0.0605. The minimum Gasteiger partial charge on any atom is -0.465 e. The Morgan fingerprint density at radius 1 is 1.18 bits per heavy atom. The molecule has 2 aromatic heterocycles. The molecule has 22 heavy (non-hydrogen) atoms. The number of carbonyl (C=O) groups is 1. The van der Waals surface area contributed by atoms with Crippen molar-refractivity contribution in [2.45, 2.75) is 13.8 Å². The maximum Gasteiger partial charge on any atom is 0.348 e. The monoisotopic (exact) mass is 320 g/mol. The minimum atomic E-state index is -0.303. The molecule has 0 spiro atoms. The Kier molecular flexibility index (Phi) is 4.01. The van der Waals surface area contributed by atoms with E-state index < -0.39 is 0 Å². The van der Waals surface area contributed by atoms with Crippen LogP contribution in [0.5, 0.6) is 0 Å². The third-order valence-electron chi connectivity index (χ3n) is 4.06. The summed E-state index contributed by atoms with van der Waals surface area (Å²) in [5.74, 6) is 1.38. The number of carbonyl (C=O) groups excluding carboxylic acids is 1. The SMILES string of the molecule is COC(=O)c1sc2nc(C)nc(N3CCN(C)CC3)c2c1C. The third kappa shape index (κ3) is 2.55. The second kappa shape index (κ2) is 5.81. The Morgan fingerprint density at radius 2 is 1.86 bits per heavy atom. The highest BCUT2D eigenvalue weighted by Gasteiger charge is 2.24. The summed E-state index contributed by atoms with van der Waals surface area (Å²) in [5.41, 5.74) is 0.917. The standard InChI is InChI=1S/C15H20N4O2S/c1-9-11-13(19-7-5-18(3)6-8-19)16-10(2)17-14(11)22-12(9)15(20)21-4/h5-8H2,1-4H3. The molecule has 3 rings (SSSR count). The average Bonchev–Trinajstić information content (AvgIpc) is 2.83. The lowest BCUT2D eigenvalue weighted by Crippen LogP contribution is -2.45. The zero-order valence-corrected chi connectivity index (χ0v) is 14.2. The molecule has 1 aliphatic heterocycles. The maximum absolute atomic E-state index is 11.9. The van der Waals surface area contributed by atoms with Gasteiger partial charge in [-0.05, 0) is 26.5 Å². The van der Waals surface area contributed by atoms with E-state index in [0.29, 0.717) is 4.88 Å². The lowest BCUT2D eigenvalue weighted by Gasteiger charge is -2.33. The van der Waals surface area contributed by atoms with Crippen LogP contribution in [0, 0.1) is 13.8 Å². The van der Waals surface area contributed by atoms with Gasteiger partial charge in [-0.25, -0.2) is 14.8 Å². The normalized spacial score (nSPS) is 16.3. The van der Waals surface area contributed by atoms with Gasteiger partial charge >= 0.3 is 5.97 Å². The van der Waals surface area contributed by atoms with E-state index in [9.17, 15) is 4.79 Å². The van der Waals surface area contributed by atoms with Crippen molar-refractivity contribution in [3.63, 3.8) is 0 Å². The molecule has 3 heterocycles. The second-order valence-electron chi connectivity index (χ2n) is 5.61. The molecule has 6 nitrogen and oxygen atoms in total. The Hall–Kier alpha value is -1.73. The summed E-state index contributed by atoms with van der Waals surface area (Å²) in [5, 5.41) is 0.987. The zero-order valence-electron chi connectivity index (χ0n) is 13.3. The van der Waals surface area contributed by atoms with Gasteiger partial charge in [-0.2, -0.15) is 0 Å². The largest absolute Gasteiger partial charge is 0.465 e. The molecular formula is C15H20N4O2S. The quantitative estimate of drug-likeness (QED) is 0.787. The number of aryl methyl sites for hydroxylation is 2. The van der Waals surface area contributed by atoms with E-state index in [1.807, 2.05) is 13.8 Å². The molecular weight excluding hydrogens is 300 g/mol. The molecule has 0 unspecified atom stereocenters. The molecule has 118 valence electrons. The number of nitrogens with zero attached hydrogens (tertiary/aromatic N) is 4. The van der Waals surface area contributed by atoms with Crippen molar-refractivity contribution in [3.05, 3.63) is 16.3 Å². The summed E-state index contributed by atoms with van der Waals surface area (Å²) in [6.45, 7) is 7.74. The third-order valence-corrected chi connectivity index (χ3v) is 5.22. The number of ether oxygens (including phenoxy) is 1. The van der Waals surface area contributed by atoms with Crippen molar-refractivity contribution in [2.75, 3.05) is 45.2 Å². The van der Waals surface area contributed by atoms with Gasteiger partial charge in [0.25, 0.3) is 0 Å². The van der Waals surface area contributed by atoms with Crippen LogP contribution in [0.1, 0.15) is 21.1 Å². The van der Waals surface area contributed by atoms with E-state index in [-0.39, 0.29) is 5.97 Å². The van der Waals surface area contributed by atoms with Crippen LogP contribution in [-0.4, -0.2) is 61.2 Å². The highest BCUT2D eigenvalue weighted by molar-refractivity contribution is 7.20. The first-order valence-corrected chi connectivity index (χ1v) is 8.12. The lowest BCUT2D eigenvalue weighted by atomic mass is 10.2. The molecule has 0 aromatic carbocycles. The molecule has 0 N–H and O–H groups in total. The van der Waals surface area contributed by atoms with E-state index in [2.05, 4.69) is 26.8 Å². The molecule has 0 atom stereocenters. The van der Waals surface area contributed by atoms with Crippen LogP contribution in [0.4, 0.5) is 5.82 Å². The van der Waals surface area contributed by atoms with Crippen LogP contribution in [0.3, 0.4) is 0 Å². The zero-order chi connectivity index (χ0) is 15.9. The topological polar surface area (TPSA) is 58.6 Å². The summed E-state index contributed by atoms with van der Waals surface area (Å²) < 4.78 is 4.88. The van der Waals surface area contributed by atoms with E-state index in [1.54, 1.807) is 0 Å². The fourth-order valence-corrected chi connectivity index (χ4v) is 3.90. The molecule has 0 aliphatic carbocycles. The van der Waals surface area contributed by atoms with Crippen molar-refractivity contribution in [3.8, 4) is 0 Å². The molecule has 0 radical (unpaired) electrons. The number of aromatic nitrogens is 2. The van der Waals surface area contributed by atoms with E-state index in [4.69, 9.17) is 4.74 Å². The van der Waals surface area contributed by atoms with Gasteiger partial charge in [0, 0.05) is 26.2 Å². The Bertz CT molecular complexity index is 720. The molecule has 0 bridgehead atoms. The van der Waals surface area contributed by atoms with Crippen molar-refractivity contribution in [1.29, 1.82) is 0 Å². The summed E-state index contributed by atoms with van der Waals surface area (Å²) in [6, 6.07) is 0. The van der Waals surface area contributed by atoms with Gasteiger partial charge in [-0.3, -0.25) is 0 Å². The number of likely N-dealkylation sites (N-methyl/N-ethyl adjacent to an activating group) is 1. The van der Waals surface area contributed by atoms with E-state index in [0.717, 1.165) is 53.6 Å². The molecule has 0 saturated carbocycles. The maximum atomic E-state index is 11.9. The Morgan fingerprint density at radius 3 is 2.50 bits per heavy atom. The second-order valence-corrected chi connectivity index (χ2v) is 6.61. The van der Waals surface area contributed by atoms with Crippen LogP contribution < -0.4 is 4.90 Å². The van der Waals surface area contributed by atoms with Crippen LogP contribution in [-0.2, 0) is 4.74 Å². The summed E-state index contributed by atoms with van der Waals surface area (Å²) in [6.07, 6.45) is 0. The predicted molar refractivity (Wildman–Crippen MR) is 87.9 cm³/mol. The molecule has 1 fully saturated rings. The summed E-state index contributed by atoms with van der Waals surface area (Å²) >= 11 is 1.39. The van der Waals surface area contributed by atoms with Gasteiger partial charge < -0.3 is 14.5 Å². The van der Waals surface area contributed by atoms with Crippen LogP contribution in [0.2, 0.25) is 0 Å². The number of rotatable bonds is 2. The van der Waals surface area contributed by atoms with E-state index >= 15 is 0 Å². The van der Waals surface area contributed by atoms with Crippen molar-refractivity contribution in [2.24, 2.45) is 0 Å². The molecule has 1 saturated heterocycles. The van der Waals surface area contributed by atoms with Crippen molar-refractivity contribution < 1.29 is 9.53 Å². The Labute approximate surface area is 133 Å². The predicted octanol–water partition coefficient (Wildman–Crippen LogP) is 1.85. The molecule has 0 amide bonds. The van der Waals surface area contributed by atoms with Crippen LogP contribution in [0.15, 0.2) is 0 Å². The fourth-order valence-electron chi connectivity index (χ4n) is 2.76. The minimum absolute atomic E-state index is 0.303. The summed E-state index contributed by atoms with van der Waals surface area (Å²) in [4.78, 5) is 27.2. The first-order valence-electron chi connectivity index (χ1n) is 7.30. The first-order chi connectivity index (χ1) is 10.5. The Balaban J connectivity index is 2.13. The number of hydrogen-bond acceptors (Lipinski definition) is 7. The van der Waals surface area contributed by atoms with Crippen LogP contribution >= 0.6 is 11.3 Å². The van der Waals surface area contributed by atoms with Gasteiger partial charge in [0.1, 0.15) is 21.3 Å². The smallest absolute Gasteiger partial charge is 0.348 e. The van der Waals surface area contributed by atoms with Crippen LogP contribution in [0.25, 0.3) is 10.2 Å². The highest BCUT2D eigenvalue weighted by atomic mass is 32.1. The van der Waals surface area contributed by atoms with Crippen molar-refractivity contribution in [1.82, 2.24) is 14.9 Å². The number of hydrogen-bond donors (Lipinski definition) is 0. The van der Waals surface area contributed by atoms with Gasteiger partial charge in [0.15, 0.2) is 0 Å². The molecule has 1 aliphatic rings.